The van der Waals surface area contributed by atoms with E-state index in [1.54, 1.807) is 38.4 Å². The third kappa shape index (κ3) is 8.23. The van der Waals surface area contributed by atoms with Crippen LogP contribution in [0.3, 0.4) is 0 Å². The molecule has 4 aliphatic rings. The van der Waals surface area contributed by atoms with Gasteiger partial charge in [0, 0.05) is 49.3 Å². The first-order valence-electron chi connectivity index (χ1n) is 20.1. The van der Waals surface area contributed by atoms with E-state index in [1.165, 1.54) is 4.90 Å². The molecule has 7 atom stereocenters. The van der Waals surface area contributed by atoms with Crippen molar-refractivity contribution in [1.82, 2.24) is 25.2 Å². The maximum Gasteiger partial charge on any atom is 0.259 e. The molecule has 1 saturated heterocycles. The van der Waals surface area contributed by atoms with Gasteiger partial charge in [0.2, 0.25) is 27.7 Å². The third-order valence-electron chi connectivity index (χ3n) is 12.4. The first-order chi connectivity index (χ1) is 27.5. The minimum atomic E-state index is -4.00. The first-order valence-corrected chi connectivity index (χ1v) is 21.6. The fourth-order valence-electron chi connectivity index (χ4n) is 8.24. The lowest BCUT2D eigenvalue weighted by Crippen LogP contribution is -2.59. The highest BCUT2D eigenvalue weighted by Gasteiger charge is 2.63. The molecule has 14 nitrogen and oxygen atoms in total. The fourth-order valence-corrected chi connectivity index (χ4v) is 9.55. The Balaban J connectivity index is 1.23. The van der Waals surface area contributed by atoms with Gasteiger partial charge < -0.3 is 29.9 Å². The van der Waals surface area contributed by atoms with Crippen LogP contribution in [0.4, 0.5) is 5.69 Å². The van der Waals surface area contributed by atoms with E-state index in [0.717, 1.165) is 17.5 Å². The molecule has 3 N–H and O–H groups in total. The first kappa shape index (κ1) is 41.0. The Kier molecular flexibility index (Phi) is 11.2. The second kappa shape index (κ2) is 15.9. The summed E-state index contributed by atoms with van der Waals surface area (Å²) in [6, 6.07) is 12.3. The zero-order valence-electron chi connectivity index (χ0n) is 34.0. The summed E-state index contributed by atoms with van der Waals surface area (Å²) in [6.07, 6.45) is 7.98. The van der Waals surface area contributed by atoms with Crippen LogP contribution in [0.15, 0.2) is 66.9 Å². The summed E-state index contributed by atoms with van der Waals surface area (Å²) in [5, 5.41) is 7.49. The number of anilines is 1. The van der Waals surface area contributed by atoms with Gasteiger partial charge in [-0.05, 0) is 111 Å². The lowest BCUT2D eigenvalue weighted by atomic mass is 9.87. The number of benzene rings is 2. The number of nitrogens with zero attached hydrogens (tertiary/aromatic N) is 3. The number of ether oxygens (including phenoxy) is 2. The van der Waals surface area contributed by atoms with Gasteiger partial charge in [-0.3, -0.25) is 23.9 Å². The third-order valence-corrected chi connectivity index (χ3v) is 14.6. The molecule has 4 amide bonds. The van der Waals surface area contributed by atoms with Crippen molar-refractivity contribution in [3.8, 4) is 11.6 Å². The van der Waals surface area contributed by atoms with Crippen molar-refractivity contribution >= 4 is 50.1 Å². The van der Waals surface area contributed by atoms with Crippen molar-refractivity contribution in [3.63, 3.8) is 0 Å². The van der Waals surface area contributed by atoms with Gasteiger partial charge in [-0.1, -0.05) is 26.0 Å². The molecule has 0 spiro atoms. The van der Waals surface area contributed by atoms with Gasteiger partial charge in [-0.2, -0.15) is 0 Å². The summed E-state index contributed by atoms with van der Waals surface area (Å²) in [4.78, 5) is 65.3. The topological polar surface area (TPSA) is 176 Å². The second-order valence-corrected chi connectivity index (χ2v) is 19.3. The molecule has 0 radical (unpaired) electrons. The number of hydrogen-bond donors (Lipinski definition) is 3. The van der Waals surface area contributed by atoms with Gasteiger partial charge >= 0.3 is 0 Å². The number of allylic oxidation sites excluding steroid dienone is 1. The van der Waals surface area contributed by atoms with Crippen LogP contribution in [0.1, 0.15) is 76.1 Å². The average Bonchev–Trinajstić information content (AvgIpc) is 4.08. The molecule has 2 saturated carbocycles. The predicted octanol–water partition coefficient (Wildman–Crippen LogP) is 4.34. The van der Waals surface area contributed by atoms with Crippen molar-refractivity contribution in [2.45, 2.75) is 94.2 Å². The molecule has 2 aromatic carbocycles. The van der Waals surface area contributed by atoms with Crippen molar-refractivity contribution < 1.29 is 37.1 Å². The maximum absolute atomic E-state index is 15.0. The summed E-state index contributed by atoms with van der Waals surface area (Å²) in [6.45, 7) is 5.63. The van der Waals surface area contributed by atoms with E-state index in [9.17, 15) is 27.6 Å². The van der Waals surface area contributed by atoms with Gasteiger partial charge in [-0.15, -0.1) is 0 Å². The zero-order valence-corrected chi connectivity index (χ0v) is 34.8. The van der Waals surface area contributed by atoms with E-state index in [-0.39, 0.29) is 31.2 Å². The van der Waals surface area contributed by atoms with Crippen LogP contribution in [0.2, 0.25) is 0 Å². The molecule has 15 heteroatoms. The van der Waals surface area contributed by atoms with E-state index in [2.05, 4.69) is 27.3 Å². The molecule has 2 aliphatic heterocycles. The predicted molar refractivity (Wildman–Crippen MR) is 220 cm³/mol. The normalized spacial score (nSPS) is 28.8. The summed E-state index contributed by atoms with van der Waals surface area (Å²) >= 11 is 0. The minimum Gasteiger partial charge on any atom is -0.497 e. The van der Waals surface area contributed by atoms with Crippen molar-refractivity contribution in [2.24, 2.45) is 17.8 Å². The molecule has 310 valence electrons. The molecule has 3 fully saturated rings. The number of fused-ring (bicyclic) bond motifs is 3. The number of sulfonamides is 1. The number of pyridine rings is 1. The molecule has 7 rings (SSSR count). The van der Waals surface area contributed by atoms with Crippen LogP contribution in [-0.2, 0) is 24.4 Å². The molecular formula is C43H54N6O8S. The summed E-state index contributed by atoms with van der Waals surface area (Å²) in [5.41, 5.74) is -0.224. The van der Waals surface area contributed by atoms with Gasteiger partial charge in [-0.25, -0.2) is 13.4 Å². The SMILES string of the molecule is COc1ccc2c(O[C@@H]3C[C@H]4C(=O)N[C@]5(C(=O)NS(=O)(=O)C6(C)CC6)C[C@H]5/C=C\CC[C@@H](C)C[C@@H](C)C(NC(=O)c5ccc(N(C)C)cc5)C(=O)N4C3)nccc2c1. The number of amides is 4. The minimum absolute atomic E-state index is 0.00736. The van der Waals surface area contributed by atoms with Crippen LogP contribution in [0.25, 0.3) is 10.8 Å². The Morgan fingerprint density at radius 2 is 1.78 bits per heavy atom. The van der Waals surface area contributed by atoms with Gasteiger partial charge in [0.05, 0.1) is 18.4 Å². The van der Waals surface area contributed by atoms with E-state index in [4.69, 9.17) is 9.47 Å². The molecule has 1 unspecified atom stereocenters. The largest absolute Gasteiger partial charge is 0.497 e. The highest BCUT2D eigenvalue weighted by atomic mass is 32.2. The average molecular weight is 815 g/mol. The lowest BCUT2D eigenvalue weighted by Gasteiger charge is -2.33. The highest BCUT2D eigenvalue weighted by molar-refractivity contribution is 7.91. The van der Waals surface area contributed by atoms with Crippen molar-refractivity contribution in [2.75, 3.05) is 32.6 Å². The smallest absolute Gasteiger partial charge is 0.259 e. The second-order valence-electron chi connectivity index (χ2n) is 17.1. The lowest BCUT2D eigenvalue weighted by molar-refractivity contribution is -0.142. The fraction of sp³-hybridized carbons (Fsp3) is 0.512. The summed E-state index contributed by atoms with van der Waals surface area (Å²) in [5.74, 6) is -1.91. The molecular weight excluding hydrogens is 761 g/mol. The number of carbonyl (C=O) groups excluding carboxylic acids is 4. The summed E-state index contributed by atoms with van der Waals surface area (Å²) < 4.78 is 39.6. The van der Waals surface area contributed by atoms with Crippen LogP contribution >= 0.6 is 0 Å². The summed E-state index contributed by atoms with van der Waals surface area (Å²) in [7, 11) is 1.40. The number of nitrogens with one attached hydrogen (secondary N) is 3. The monoisotopic (exact) mass is 814 g/mol. The standard InChI is InChI=1S/C43H54N6O8S/c1-26-9-7-8-10-30-24-43(30,41(53)47-58(54,55)42(3)18-19-42)46-38(51)35-23-33(57-39-34-16-15-32(56-6)22-29(34)17-20-44-39)25-49(35)40(52)36(27(2)21-26)45-37(50)28-11-13-31(14-12-28)48(4)5/h8,10-17,20,22,26-27,30,33,35-36H,7,9,18-19,21,23-25H2,1-6H3,(H,45,50)(H,46,51)(H,47,53)/b10-8-/t26-,27-,30-,33-,35+,36?,43-/m1/s1. The van der Waals surface area contributed by atoms with Crippen LogP contribution in [0.5, 0.6) is 11.6 Å². The Morgan fingerprint density at radius 1 is 1.03 bits per heavy atom. The highest BCUT2D eigenvalue weighted by Crippen LogP contribution is 2.47. The van der Waals surface area contributed by atoms with E-state index >= 15 is 0 Å². The number of aromatic nitrogens is 1. The molecule has 2 aliphatic carbocycles. The maximum atomic E-state index is 15.0. The molecule has 1 aromatic heterocycles. The number of rotatable bonds is 9. The molecule has 3 aromatic rings. The molecule has 0 bridgehead atoms. The Morgan fingerprint density at radius 3 is 2.47 bits per heavy atom. The van der Waals surface area contributed by atoms with Gasteiger partial charge in [0.1, 0.15) is 29.5 Å². The molecule has 3 heterocycles. The number of hydrogen-bond acceptors (Lipinski definition) is 10. The Bertz CT molecular complexity index is 2220. The van der Waals surface area contributed by atoms with E-state index < -0.39 is 68.0 Å². The Labute approximate surface area is 340 Å². The van der Waals surface area contributed by atoms with Crippen molar-refractivity contribution in [3.05, 3.63) is 72.4 Å². The van der Waals surface area contributed by atoms with Crippen LogP contribution in [0, 0.1) is 17.8 Å². The quantitative estimate of drug-likeness (QED) is 0.264. The van der Waals surface area contributed by atoms with E-state index in [0.29, 0.717) is 48.3 Å². The van der Waals surface area contributed by atoms with Crippen LogP contribution in [-0.4, -0.2) is 98.2 Å². The van der Waals surface area contributed by atoms with Gasteiger partial charge in [0.25, 0.3) is 11.8 Å². The van der Waals surface area contributed by atoms with Crippen LogP contribution < -0.4 is 29.7 Å². The zero-order chi connectivity index (χ0) is 41.6. The Hall–Kier alpha value is -5.18. The van der Waals surface area contributed by atoms with Crippen molar-refractivity contribution in [1.29, 1.82) is 0 Å². The number of carbonyl (C=O) groups is 4. The molecule has 58 heavy (non-hydrogen) atoms. The van der Waals surface area contributed by atoms with Gasteiger partial charge in [0.15, 0.2) is 0 Å². The van der Waals surface area contributed by atoms with E-state index in [1.807, 2.05) is 68.4 Å². The number of methoxy groups -OCH3 is 1.